The zero-order chi connectivity index (χ0) is 18.5. The summed E-state index contributed by atoms with van der Waals surface area (Å²) < 4.78 is 1.09. The van der Waals surface area contributed by atoms with Gasteiger partial charge in [-0.2, -0.15) is 0 Å². The van der Waals surface area contributed by atoms with Gasteiger partial charge in [-0.25, -0.2) is 0 Å². The topological polar surface area (TPSA) is 24.1 Å². The van der Waals surface area contributed by atoms with Crippen LogP contribution in [0.4, 0.5) is 5.69 Å². The number of aryl methyl sites for hydroxylation is 2. The van der Waals surface area contributed by atoms with E-state index in [0.717, 1.165) is 15.7 Å². The summed E-state index contributed by atoms with van der Waals surface area (Å²) in [5.41, 5.74) is 5.76. The lowest BCUT2D eigenvalue weighted by molar-refractivity contribution is 0.762. The molecule has 0 amide bonds. The molecule has 0 aliphatic heterocycles. The normalized spacial score (nSPS) is 11.7. The number of anilines is 1. The van der Waals surface area contributed by atoms with Gasteiger partial charge in [0, 0.05) is 10.2 Å². The molecular weight excluding hydrogens is 404 g/mol. The molecule has 0 saturated carbocycles. The van der Waals surface area contributed by atoms with Crippen LogP contribution in [0.2, 0.25) is 0 Å². The molecule has 0 aliphatic carbocycles. The fourth-order valence-electron chi connectivity index (χ4n) is 2.92. The molecule has 132 valence electrons. The number of benzene rings is 3. The molecule has 3 rings (SSSR count). The first-order chi connectivity index (χ1) is 12.5. The third-order valence-electron chi connectivity index (χ3n) is 4.32. The van der Waals surface area contributed by atoms with Crippen molar-refractivity contribution in [1.29, 1.82) is 0 Å². The van der Waals surface area contributed by atoms with E-state index in [1.807, 2.05) is 18.2 Å². The van der Waals surface area contributed by atoms with E-state index < -0.39 is 0 Å². The van der Waals surface area contributed by atoms with Crippen molar-refractivity contribution in [1.82, 2.24) is 5.32 Å². The van der Waals surface area contributed by atoms with Gasteiger partial charge in [-0.3, -0.25) is 0 Å². The molecule has 0 saturated heterocycles. The first-order valence-corrected chi connectivity index (χ1v) is 9.69. The van der Waals surface area contributed by atoms with Crippen LogP contribution in [0.3, 0.4) is 0 Å². The summed E-state index contributed by atoms with van der Waals surface area (Å²) in [5.74, 6) is 0. The van der Waals surface area contributed by atoms with E-state index in [1.165, 1.54) is 16.7 Å². The van der Waals surface area contributed by atoms with E-state index in [2.05, 4.69) is 95.0 Å². The smallest absolute Gasteiger partial charge is 0.171 e. The fourth-order valence-corrected chi connectivity index (χ4v) is 3.40. The predicted octanol–water partition coefficient (Wildman–Crippen LogP) is 6.14. The average molecular weight is 425 g/mol. The summed E-state index contributed by atoms with van der Waals surface area (Å²) in [6.07, 6.45) is 0. The van der Waals surface area contributed by atoms with E-state index in [9.17, 15) is 0 Å². The minimum absolute atomic E-state index is 0.00561. The summed E-state index contributed by atoms with van der Waals surface area (Å²) in [5, 5.41) is 7.38. The zero-order valence-corrected chi connectivity index (χ0v) is 17.2. The lowest BCUT2D eigenvalue weighted by Gasteiger charge is -2.23. The Kier molecular flexibility index (Phi) is 6.07. The predicted molar refractivity (Wildman–Crippen MR) is 118 cm³/mol. The minimum Gasteiger partial charge on any atom is -0.352 e. The molecule has 0 aromatic heterocycles. The van der Waals surface area contributed by atoms with Crippen molar-refractivity contribution in [2.45, 2.75) is 19.9 Å². The Morgan fingerprint density at radius 2 is 1.58 bits per heavy atom. The number of nitrogens with one attached hydrogen (secondary N) is 2. The number of halogens is 1. The Balaban J connectivity index is 1.85. The summed E-state index contributed by atoms with van der Waals surface area (Å²) in [6, 6.07) is 24.9. The van der Waals surface area contributed by atoms with Crippen LogP contribution in [0.5, 0.6) is 0 Å². The molecule has 4 heteroatoms. The van der Waals surface area contributed by atoms with Crippen LogP contribution in [0.15, 0.2) is 77.3 Å². The van der Waals surface area contributed by atoms with E-state index in [-0.39, 0.29) is 6.04 Å². The molecule has 3 aromatic carbocycles. The molecule has 0 aliphatic rings. The highest BCUT2D eigenvalue weighted by atomic mass is 79.9. The van der Waals surface area contributed by atoms with Gasteiger partial charge in [0.05, 0.1) is 6.04 Å². The molecule has 0 bridgehead atoms. The Hall–Kier alpha value is -2.17. The second-order valence-corrected chi connectivity index (χ2v) is 7.53. The Bertz CT molecular complexity index is 909. The molecule has 0 unspecified atom stereocenters. The second-order valence-electron chi connectivity index (χ2n) is 6.26. The number of hydrogen-bond acceptors (Lipinski definition) is 1. The molecular formula is C22H21BrN2S. The molecule has 3 aromatic rings. The highest BCUT2D eigenvalue weighted by molar-refractivity contribution is 9.10. The first kappa shape index (κ1) is 18.6. The molecule has 0 radical (unpaired) electrons. The van der Waals surface area contributed by atoms with E-state index >= 15 is 0 Å². The van der Waals surface area contributed by atoms with Crippen molar-refractivity contribution < 1.29 is 0 Å². The molecule has 0 heterocycles. The van der Waals surface area contributed by atoms with Gasteiger partial charge in [-0.15, -0.1) is 0 Å². The van der Waals surface area contributed by atoms with Crippen molar-refractivity contribution in [2.75, 3.05) is 5.32 Å². The lowest BCUT2D eigenvalue weighted by atomic mass is 9.95. The number of rotatable bonds is 4. The summed E-state index contributed by atoms with van der Waals surface area (Å²) >= 11 is 9.13. The lowest BCUT2D eigenvalue weighted by Crippen LogP contribution is -2.33. The summed E-state index contributed by atoms with van der Waals surface area (Å²) in [6.45, 7) is 4.19. The van der Waals surface area contributed by atoms with E-state index in [4.69, 9.17) is 12.2 Å². The van der Waals surface area contributed by atoms with Gasteiger partial charge in [-0.1, -0.05) is 70.5 Å². The molecule has 2 N–H and O–H groups in total. The van der Waals surface area contributed by atoms with Gasteiger partial charge < -0.3 is 10.6 Å². The second kappa shape index (κ2) is 8.47. The highest BCUT2D eigenvalue weighted by Crippen LogP contribution is 2.25. The minimum atomic E-state index is -0.00561. The average Bonchev–Trinajstić information content (AvgIpc) is 2.64. The van der Waals surface area contributed by atoms with Crippen LogP contribution in [-0.2, 0) is 0 Å². The van der Waals surface area contributed by atoms with Crippen LogP contribution in [0.1, 0.15) is 28.3 Å². The standard InChI is InChI=1S/C22H21BrN2S/c1-15-8-6-7-11-19(15)21(17-9-4-3-5-10-17)25-22(26)24-18-12-13-20(23)16(2)14-18/h3-14,21H,1-2H3,(H2,24,25,26)/t21-/m1/s1. The molecule has 0 spiro atoms. The number of thiocarbonyl (C=S) groups is 1. The Morgan fingerprint density at radius 1 is 0.885 bits per heavy atom. The van der Waals surface area contributed by atoms with Gasteiger partial charge in [0.2, 0.25) is 0 Å². The summed E-state index contributed by atoms with van der Waals surface area (Å²) in [7, 11) is 0. The van der Waals surface area contributed by atoms with E-state index in [0.29, 0.717) is 5.11 Å². The number of hydrogen-bond donors (Lipinski definition) is 2. The van der Waals surface area contributed by atoms with Crippen molar-refractivity contribution in [3.05, 3.63) is 99.5 Å². The molecule has 1 atom stereocenters. The van der Waals surface area contributed by atoms with Crippen molar-refractivity contribution in [3.63, 3.8) is 0 Å². The van der Waals surface area contributed by atoms with Gasteiger partial charge in [0.15, 0.2) is 5.11 Å². The maximum atomic E-state index is 5.60. The fraction of sp³-hybridized carbons (Fsp3) is 0.136. The Morgan fingerprint density at radius 3 is 2.27 bits per heavy atom. The largest absolute Gasteiger partial charge is 0.352 e. The summed E-state index contributed by atoms with van der Waals surface area (Å²) in [4.78, 5) is 0. The van der Waals surface area contributed by atoms with Crippen molar-refractivity contribution >= 4 is 38.9 Å². The van der Waals surface area contributed by atoms with Crippen LogP contribution in [0, 0.1) is 13.8 Å². The first-order valence-electron chi connectivity index (χ1n) is 8.49. The maximum absolute atomic E-state index is 5.60. The SMILES string of the molecule is Cc1cc(NC(=S)N[C@H](c2ccccc2)c2ccccc2C)ccc1Br. The molecule has 0 fully saturated rings. The van der Waals surface area contributed by atoms with Crippen molar-refractivity contribution in [3.8, 4) is 0 Å². The van der Waals surface area contributed by atoms with Crippen LogP contribution in [-0.4, -0.2) is 5.11 Å². The van der Waals surface area contributed by atoms with E-state index in [1.54, 1.807) is 0 Å². The third-order valence-corrected chi connectivity index (χ3v) is 5.43. The third kappa shape index (κ3) is 4.51. The zero-order valence-electron chi connectivity index (χ0n) is 14.8. The van der Waals surface area contributed by atoms with Gasteiger partial charge in [-0.05, 0) is 66.5 Å². The Labute approximate surface area is 168 Å². The molecule has 26 heavy (non-hydrogen) atoms. The van der Waals surface area contributed by atoms with Crippen molar-refractivity contribution in [2.24, 2.45) is 0 Å². The van der Waals surface area contributed by atoms with Gasteiger partial charge in [0.1, 0.15) is 0 Å². The van der Waals surface area contributed by atoms with Crippen LogP contribution < -0.4 is 10.6 Å². The van der Waals surface area contributed by atoms with Crippen LogP contribution >= 0.6 is 28.1 Å². The monoisotopic (exact) mass is 424 g/mol. The highest BCUT2D eigenvalue weighted by Gasteiger charge is 2.17. The van der Waals surface area contributed by atoms with Crippen LogP contribution in [0.25, 0.3) is 0 Å². The quantitative estimate of drug-likeness (QED) is 0.491. The maximum Gasteiger partial charge on any atom is 0.171 e. The van der Waals surface area contributed by atoms with Gasteiger partial charge >= 0.3 is 0 Å². The van der Waals surface area contributed by atoms with Gasteiger partial charge in [0.25, 0.3) is 0 Å². The molecule has 2 nitrogen and oxygen atoms in total.